The Kier molecular flexibility index (Phi) is 7.01. The average molecular weight is 516 g/mol. The van der Waals surface area contributed by atoms with Crippen LogP contribution in [0.5, 0.6) is 5.75 Å². The molecular weight excluding hydrogens is 490 g/mol. The van der Waals surface area contributed by atoms with Crippen molar-refractivity contribution in [2.75, 3.05) is 17.7 Å². The minimum Gasteiger partial charge on any atom is -0.476 e. The second-order valence-corrected chi connectivity index (χ2v) is 9.68. The van der Waals surface area contributed by atoms with Crippen molar-refractivity contribution in [3.63, 3.8) is 0 Å². The van der Waals surface area contributed by atoms with Gasteiger partial charge < -0.3 is 19.2 Å². The van der Waals surface area contributed by atoms with Gasteiger partial charge in [-0.2, -0.15) is 11.8 Å². The van der Waals surface area contributed by atoms with E-state index in [4.69, 9.17) is 13.9 Å². The molecule has 1 unspecified atom stereocenters. The minimum absolute atomic E-state index is 0.106. The molecule has 0 fully saturated rings. The Morgan fingerprint density at radius 1 is 1.03 bits per heavy atom. The van der Waals surface area contributed by atoms with Gasteiger partial charge in [0.15, 0.2) is 16.6 Å². The monoisotopic (exact) mass is 515 g/mol. The molecule has 3 aromatic carbocycles. The Morgan fingerprint density at radius 2 is 1.81 bits per heavy atom. The van der Waals surface area contributed by atoms with E-state index in [1.807, 2.05) is 54.6 Å². The fourth-order valence-electron chi connectivity index (χ4n) is 4.30. The highest BCUT2D eigenvalue weighted by Crippen LogP contribution is 2.38. The van der Waals surface area contributed by atoms with Crippen LogP contribution >= 0.6 is 11.8 Å². The van der Waals surface area contributed by atoms with Gasteiger partial charge in [-0.15, -0.1) is 0 Å². The zero-order valence-corrected chi connectivity index (χ0v) is 21.0. The molecule has 7 nitrogen and oxygen atoms in total. The van der Waals surface area contributed by atoms with Crippen molar-refractivity contribution >= 4 is 40.3 Å². The summed E-state index contributed by atoms with van der Waals surface area (Å²) in [6.45, 7) is 1.80. The van der Waals surface area contributed by atoms with Crippen molar-refractivity contribution in [3.05, 3.63) is 106 Å². The van der Waals surface area contributed by atoms with Gasteiger partial charge in [-0.1, -0.05) is 54.6 Å². The lowest BCUT2D eigenvalue weighted by Gasteiger charge is -2.27. The first-order chi connectivity index (χ1) is 18.0. The molecule has 1 aliphatic heterocycles. The fourth-order valence-corrected chi connectivity index (χ4v) is 5.45. The first-order valence-corrected chi connectivity index (χ1v) is 13.1. The molecule has 1 aromatic heterocycles. The van der Waals surface area contributed by atoms with Crippen molar-refractivity contribution < 1.29 is 23.5 Å². The normalized spacial score (nSPS) is 16.1. The number of hydrogen-bond donors (Lipinski definition) is 1. The molecule has 1 amide bonds. The van der Waals surface area contributed by atoms with Crippen LogP contribution in [0.25, 0.3) is 11.0 Å². The van der Waals surface area contributed by atoms with Crippen molar-refractivity contribution in [2.24, 2.45) is 0 Å². The number of carbonyl (C=O) groups is 2. The predicted octanol–water partition coefficient (Wildman–Crippen LogP) is 5.22. The number of amides is 1. The third-order valence-corrected chi connectivity index (χ3v) is 7.30. The summed E-state index contributed by atoms with van der Waals surface area (Å²) in [7, 11) is 0. The highest BCUT2D eigenvalue weighted by atomic mass is 32.2. The Labute approximate surface area is 217 Å². The number of rotatable bonds is 8. The highest BCUT2D eigenvalue weighted by molar-refractivity contribution is 7.98. The molecule has 37 heavy (non-hydrogen) atoms. The number of carbonyl (C=O) groups excluding carboxylic acids is 2. The second kappa shape index (κ2) is 10.5. The SMILES string of the molecule is CCOC(=O)c1cc(=O)c2cccc(NC(=O)C3(CSCc4ccccc4)Cc4ccccc4O3)c2o1. The topological polar surface area (TPSA) is 94.8 Å². The molecule has 0 bridgehead atoms. The first-order valence-electron chi connectivity index (χ1n) is 11.9. The molecule has 1 N–H and O–H groups in total. The van der Waals surface area contributed by atoms with Gasteiger partial charge in [-0.25, -0.2) is 4.79 Å². The molecule has 4 aromatic rings. The second-order valence-electron chi connectivity index (χ2n) is 8.69. The molecule has 1 atom stereocenters. The number of anilines is 1. The van der Waals surface area contributed by atoms with Crippen LogP contribution in [0.3, 0.4) is 0 Å². The van der Waals surface area contributed by atoms with E-state index in [1.54, 1.807) is 36.9 Å². The lowest BCUT2D eigenvalue weighted by molar-refractivity contribution is -0.128. The summed E-state index contributed by atoms with van der Waals surface area (Å²) >= 11 is 1.61. The number of nitrogens with one attached hydrogen (secondary N) is 1. The smallest absolute Gasteiger partial charge is 0.374 e. The summed E-state index contributed by atoms with van der Waals surface area (Å²) in [6.07, 6.45) is 0.402. The molecule has 0 aliphatic carbocycles. The third kappa shape index (κ3) is 5.11. The number of thioether (sulfide) groups is 1. The maximum atomic E-state index is 13.8. The Balaban J connectivity index is 1.45. The lowest BCUT2D eigenvalue weighted by atomic mass is 9.98. The van der Waals surface area contributed by atoms with Crippen LogP contribution in [0.1, 0.15) is 28.6 Å². The molecule has 5 rings (SSSR count). The van der Waals surface area contributed by atoms with Gasteiger partial charge in [0.05, 0.1) is 17.7 Å². The molecule has 1 aliphatic rings. The van der Waals surface area contributed by atoms with Gasteiger partial charge in [-0.3, -0.25) is 9.59 Å². The number of esters is 1. The van der Waals surface area contributed by atoms with Crippen LogP contribution in [0.2, 0.25) is 0 Å². The first kappa shape index (κ1) is 24.6. The van der Waals surface area contributed by atoms with Crippen LogP contribution in [-0.4, -0.2) is 29.8 Å². The van der Waals surface area contributed by atoms with Crippen molar-refractivity contribution in [1.82, 2.24) is 0 Å². The minimum atomic E-state index is -1.16. The van der Waals surface area contributed by atoms with E-state index in [9.17, 15) is 14.4 Å². The fraction of sp³-hybridized carbons (Fsp3) is 0.207. The zero-order chi connectivity index (χ0) is 25.8. The van der Waals surface area contributed by atoms with E-state index in [1.165, 1.54) is 0 Å². The van der Waals surface area contributed by atoms with Crippen LogP contribution < -0.4 is 15.5 Å². The van der Waals surface area contributed by atoms with Gasteiger partial charge in [-0.05, 0) is 36.2 Å². The third-order valence-electron chi connectivity index (χ3n) is 6.09. The summed E-state index contributed by atoms with van der Waals surface area (Å²) in [5.74, 6) is 0.477. The summed E-state index contributed by atoms with van der Waals surface area (Å²) in [6, 6.07) is 23.6. The molecule has 0 saturated heterocycles. The van der Waals surface area contributed by atoms with Crippen LogP contribution in [-0.2, 0) is 21.7 Å². The molecule has 0 radical (unpaired) electrons. The van der Waals surface area contributed by atoms with E-state index in [0.29, 0.717) is 17.9 Å². The van der Waals surface area contributed by atoms with Gasteiger partial charge >= 0.3 is 5.97 Å². The van der Waals surface area contributed by atoms with Gasteiger partial charge in [0.1, 0.15) is 5.75 Å². The van der Waals surface area contributed by atoms with E-state index in [0.717, 1.165) is 22.9 Å². The van der Waals surface area contributed by atoms with Gasteiger partial charge in [0.2, 0.25) is 5.76 Å². The zero-order valence-electron chi connectivity index (χ0n) is 20.2. The highest BCUT2D eigenvalue weighted by Gasteiger charge is 2.46. The van der Waals surface area contributed by atoms with Gasteiger partial charge in [0.25, 0.3) is 5.91 Å². The molecule has 0 spiro atoms. The molecule has 0 saturated carbocycles. The average Bonchev–Trinajstić information content (AvgIpc) is 3.29. The van der Waals surface area contributed by atoms with Crippen LogP contribution in [0.15, 0.2) is 88.1 Å². The lowest BCUT2D eigenvalue weighted by Crippen LogP contribution is -2.49. The summed E-state index contributed by atoms with van der Waals surface area (Å²) in [5.41, 5.74) is 0.919. The Hall–Kier alpha value is -4.04. The molecule has 188 valence electrons. The number of fused-ring (bicyclic) bond motifs is 2. The van der Waals surface area contributed by atoms with Crippen molar-refractivity contribution in [3.8, 4) is 5.75 Å². The summed E-state index contributed by atoms with van der Waals surface area (Å²) in [4.78, 5) is 38.7. The number of para-hydroxylation sites is 2. The van der Waals surface area contributed by atoms with E-state index in [-0.39, 0.29) is 34.9 Å². The van der Waals surface area contributed by atoms with Crippen molar-refractivity contribution in [1.29, 1.82) is 0 Å². The summed E-state index contributed by atoms with van der Waals surface area (Å²) in [5, 5.41) is 3.16. The number of benzene rings is 3. The van der Waals surface area contributed by atoms with Gasteiger partial charge in [0, 0.05) is 24.0 Å². The maximum Gasteiger partial charge on any atom is 0.374 e. The molecule has 8 heteroatoms. The number of ether oxygens (including phenoxy) is 2. The largest absolute Gasteiger partial charge is 0.476 e. The molecular formula is C29H25NO6S. The standard InChI is InChI=1S/C29H25NO6S/c1-2-34-27(32)25-15-23(31)21-12-8-13-22(26(21)35-25)30-28(33)29(16-20-11-6-7-14-24(20)36-29)18-37-17-19-9-4-3-5-10-19/h3-15H,2,16-18H2,1H3,(H,30,33). The predicted molar refractivity (Wildman–Crippen MR) is 143 cm³/mol. The van der Waals surface area contributed by atoms with Crippen LogP contribution in [0.4, 0.5) is 5.69 Å². The Morgan fingerprint density at radius 3 is 2.59 bits per heavy atom. The van der Waals surface area contributed by atoms with E-state index >= 15 is 0 Å². The van der Waals surface area contributed by atoms with E-state index in [2.05, 4.69) is 5.32 Å². The van der Waals surface area contributed by atoms with E-state index < -0.39 is 17.0 Å². The quantitative estimate of drug-likeness (QED) is 0.322. The maximum absolute atomic E-state index is 13.8. The molecule has 2 heterocycles. The van der Waals surface area contributed by atoms with Crippen molar-refractivity contribution in [2.45, 2.75) is 24.7 Å². The summed E-state index contributed by atoms with van der Waals surface area (Å²) < 4.78 is 17.0. The number of hydrogen-bond acceptors (Lipinski definition) is 7. The van der Waals surface area contributed by atoms with Crippen LogP contribution in [0, 0.1) is 0 Å². The Bertz CT molecular complexity index is 1490.